The fraction of sp³-hybridized carbons (Fsp3) is 0.105. The van der Waals surface area contributed by atoms with Crippen LogP contribution in [0.15, 0.2) is 67.1 Å². The van der Waals surface area contributed by atoms with E-state index in [0.717, 1.165) is 11.3 Å². The summed E-state index contributed by atoms with van der Waals surface area (Å²) in [4.78, 5) is 20.9. The summed E-state index contributed by atoms with van der Waals surface area (Å²) in [5.74, 6) is 0.942. The summed E-state index contributed by atoms with van der Waals surface area (Å²) in [5.41, 5.74) is 1.99. The summed E-state index contributed by atoms with van der Waals surface area (Å²) >= 11 is 0. The molecule has 0 fully saturated rings. The molecule has 0 saturated carbocycles. The smallest absolute Gasteiger partial charge is 0.251 e. The van der Waals surface area contributed by atoms with Gasteiger partial charge in [0.2, 0.25) is 5.95 Å². The van der Waals surface area contributed by atoms with Crippen LogP contribution in [0.5, 0.6) is 0 Å². The van der Waals surface area contributed by atoms with Crippen LogP contribution in [-0.4, -0.2) is 30.5 Å². The number of fused-ring (bicyclic) bond motifs is 1. The Kier molecular flexibility index (Phi) is 4.44. The highest BCUT2D eigenvalue weighted by Gasteiger charge is 2.17. The van der Waals surface area contributed by atoms with Gasteiger partial charge < -0.3 is 10.6 Å². The van der Waals surface area contributed by atoms with Crippen LogP contribution in [0.3, 0.4) is 0 Å². The van der Waals surface area contributed by atoms with Crippen molar-refractivity contribution in [2.24, 2.45) is 0 Å². The lowest BCUT2D eigenvalue weighted by Crippen LogP contribution is -2.28. The molecule has 0 spiro atoms. The second kappa shape index (κ2) is 7.20. The first kappa shape index (κ1) is 16.6. The second-order valence-corrected chi connectivity index (χ2v) is 5.96. The zero-order valence-electron chi connectivity index (χ0n) is 14.6. The zero-order chi connectivity index (χ0) is 18.6. The number of nitrogens with zero attached hydrogens (tertiary/aromatic N) is 5. The number of aromatic nitrogens is 5. The van der Waals surface area contributed by atoms with Crippen molar-refractivity contribution in [3.8, 4) is 0 Å². The van der Waals surface area contributed by atoms with Crippen LogP contribution >= 0.6 is 0 Å². The van der Waals surface area contributed by atoms with Gasteiger partial charge in [-0.25, -0.2) is 9.97 Å². The number of carbonyl (C=O) groups excluding carboxylic acids is 1. The number of benzene rings is 1. The number of anilines is 2. The molecule has 0 aliphatic rings. The largest absolute Gasteiger partial charge is 0.342 e. The van der Waals surface area contributed by atoms with Gasteiger partial charge in [-0.2, -0.15) is 0 Å². The van der Waals surface area contributed by atoms with Crippen molar-refractivity contribution in [1.82, 2.24) is 29.9 Å². The standard InChI is InChI=1S/C19H17N7O/c1-13(17-25-24-16-8-2-3-11-26(16)17)22-18(27)14-6-4-7-15(12-14)23-19-20-9-5-10-21-19/h2-13H,1H3,(H,22,27)(H,20,21,23)/t13-/m1/s1. The van der Waals surface area contributed by atoms with Gasteiger partial charge in [-0.15, -0.1) is 10.2 Å². The van der Waals surface area contributed by atoms with Gasteiger partial charge in [0.1, 0.15) is 0 Å². The van der Waals surface area contributed by atoms with Crippen LogP contribution in [0.2, 0.25) is 0 Å². The molecule has 1 amide bonds. The van der Waals surface area contributed by atoms with E-state index < -0.39 is 0 Å². The molecule has 0 unspecified atom stereocenters. The third-order valence-corrected chi connectivity index (χ3v) is 4.02. The fourth-order valence-corrected chi connectivity index (χ4v) is 2.73. The zero-order valence-corrected chi connectivity index (χ0v) is 14.6. The molecule has 1 aromatic carbocycles. The van der Waals surface area contributed by atoms with E-state index >= 15 is 0 Å². The van der Waals surface area contributed by atoms with Crippen LogP contribution in [0.4, 0.5) is 11.6 Å². The van der Waals surface area contributed by atoms with Crippen molar-refractivity contribution in [2.75, 3.05) is 5.32 Å². The van der Waals surface area contributed by atoms with E-state index in [2.05, 4.69) is 30.8 Å². The number of pyridine rings is 1. The quantitative estimate of drug-likeness (QED) is 0.569. The Morgan fingerprint density at radius 1 is 1.04 bits per heavy atom. The Morgan fingerprint density at radius 2 is 1.89 bits per heavy atom. The Balaban J connectivity index is 1.50. The number of amides is 1. The highest BCUT2D eigenvalue weighted by atomic mass is 16.1. The number of hydrogen-bond donors (Lipinski definition) is 2. The van der Waals surface area contributed by atoms with E-state index in [1.807, 2.05) is 41.8 Å². The number of nitrogens with one attached hydrogen (secondary N) is 2. The van der Waals surface area contributed by atoms with Crippen molar-refractivity contribution in [2.45, 2.75) is 13.0 Å². The Morgan fingerprint density at radius 3 is 2.74 bits per heavy atom. The Bertz CT molecular complexity index is 1080. The molecule has 3 heterocycles. The molecule has 0 aliphatic carbocycles. The molecule has 0 radical (unpaired) electrons. The first-order chi connectivity index (χ1) is 13.2. The Labute approximate surface area is 155 Å². The monoisotopic (exact) mass is 359 g/mol. The van der Waals surface area contributed by atoms with Crippen LogP contribution in [0, 0.1) is 0 Å². The minimum absolute atomic E-state index is 0.201. The molecular formula is C19H17N7O. The highest BCUT2D eigenvalue weighted by molar-refractivity contribution is 5.95. The van der Waals surface area contributed by atoms with Gasteiger partial charge >= 0.3 is 0 Å². The molecule has 0 saturated heterocycles. The number of hydrogen-bond acceptors (Lipinski definition) is 6. The molecule has 8 nitrogen and oxygen atoms in total. The number of carbonyl (C=O) groups is 1. The molecule has 0 aliphatic heterocycles. The predicted molar refractivity (Wildman–Crippen MR) is 101 cm³/mol. The number of rotatable bonds is 5. The summed E-state index contributed by atoms with van der Waals surface area (Å²) in [5, 5.41) is 14.3. The van der Waals surface area contributed by atoms with Crippen molar-refractivity contribution in [3.63, 3.8) is 0 Å². The van der Waals surface area contributed by atoms with E-state index in [-0.39, 0.29) is 11.9 Å². The molecule has 3 aromatic heterocycles. The molecule has 2 N–H and O–H groups in total. The van der Waals surface area contributed by atoms with Crippen LogP contribution in [-0.2, 0) is 0 Å². The van der Waals surface area contributed by atoms with E-state index in [4.69, 9.17) is 0 Å². The maximum atomic E-state index is 12.7. The van der Waals surface area contributed by atoms with Crippen LogP contribution < -0.4 is 10.6 Å². The Hall–Kier alpha value is -3.81. The lowest BCUT2D eigenvalue weighted by Gasteiger charge is -2.13. The van der Waals surface area contributed by atoms with Crippen molar-refractivity contribution < 1.29 is 4.79 Å². The van der Waals surface area contributed by atoms with E-state index in [0.29, 0.717) is 17.3 Å². The van der Waals surface area contributed by atoms with Crippen molar-refractivity contribution >= 4 is 23.2 Å². The summed E-state index contributed by atoms with van der Waals surface area (Å²) < 4.78 is 1.86. The third kappa shape index (κ3) is 3.59. The third-order valence-electron chi connectivity index (χ3n) is 4.02. The predicted octanol–water partition coefficient (Wildman–Crippen LogP) is 2.75. The normalized spacial score (nSPS) is 11.9. The van der Waals surface area contributed by atoms with Crippen LogP contribution in [0.1, 0.15) is 29.1 Å². The summed E-state index contributed by atoms with van der Waals surface area (Å²) in [7, 11) is 0. The SMILES string of the molecule is C[C@@H](NC(=O)c1cccc(Nc2ncccn2)c1)c1nnc2ccccn12. The molecule has 4 aromatic rings. The molecule has 1 atom stereocenters. The molecule has 0 bridgehead atoms. The first-order valence-corrected chi connectivity index (χ1v) is 8.45. The van der Waals surface area contributed by atoms with Gasteiger partial charge in [0.15, 0.2) is 11.5 Å². The fourth-order valence-electron chi connectivity index (χ4n) is 2.73. The van der Waals surface area contributed by atoms with E-state index in [1.54, 1.807) is 36.7 Å². The second-order valence-electron chi connectivity index (χ2n) is 5.96. The minimum atomic E-state index is -0.302. The van der Waals surface area contributed by atoms with Gasteiger partial charge in [-0.1, -0.05) is 12.1 Å². The first-order valence-electron chi connectivity index (χ1n) is 8.45. The molecule has 4 rings (SSSR count). The van der Waals surface area contributed by atoms with Crippen LogP contribution in [0.25, 0.3) is 5.65 Å². The summed E-state index contributed by atoms with van der Waals surface area (Å²) in [6, 6.07) is 14.3. The van der Waals surface area contributed by atoms with Gasteiger partial charge in [-0.05, 0) is 43.3 Å². The maximum Gasteiger partial charge on any atom is 0.251 e. The average Bonchev–Trinajstić information content (AvgIpc) is 3.13. The lowest BCUT2D eigenvalue weighted by atomic mass is 10.1. The molecular weight excluding hydrogens is 342 g/mol. The van der Waals surface area contributed by atoms with Gasteiger partial charge in [-0.3, -0.25) is 9.20 Å². The minimum Gasteiger partial charge on any atom is -0.342 e. The van der Waals surface area contributed by atoms with E-state index in [9.17, 15) is 4.79 Å². The molecule has 27 heavy (non-hydrogen) atoms. The maximum absolute atomic E-state index is 12.7. The van der Waals surface area contributed by atoms with Gasteiger partial charge in [0.25, 0.3) is 5.91 Å². The highest BCUT2D eigenvalue weighted by Crippen LogP contribution is 2.16. The summed E-state index contributed by atoms with van der Waals surface area (Å²) in [6.07, 6.45) is 5.17. The average molecular weight is 359 g/mol. The lowest BCUT2D eigenvalue weighted by molar-refractivity contribution is 0.0938. The van der Waals surface area contributed by atoms with Crippen molar-refractivity contribution in [3.05, 3.63) is 78.5 Å². The van der Waals surface area contributed by atoms with Crippen molar-refractivity contribution in [1.29, 1.82) is 0 Å². The molecule has 8 heteroatoms. The topological polar surface area (TPSA) is 97.1 Å². The summed E-state index contributed by atoms with van der Waals surface area (Å²) in [6.45, 7) is 1.88. The van der Waals surface area contributed by atoms with E-state index in [1.165, 1.54) is 0 Å². The molecule has 134 valence electrons. The van der Waals surface area contributed by atoms with Gasteiger partial charge in [0.05, 0.1) is 6.04 Å². The van der Waals surface area contributed by atoms with Gasteiger partial charge in [0, 0.05) is 29.8 Å².